The molecular formula is C29H21N5O6. The Kier molecular flexibility index (Phi) is 5.37. The molecule has 4 aromatic heterocycles. The van der Waals surface area contributed by atoms with Gasteiger partial charge in [0.15, 0.2) is 22.9 Å². The Balaban J connectivity index is 1.57. The van der Waals surface area contributed by atoms with Crippen LogP contribution in [0.1, 0.15) is 22.6 Å². The van der Waals surface area contributed by atoms with Crippen molar-refractivity contribution in [1.29, 1.82) is 0 Å². The third-order valence-electron chi connectivity index (χ3n) is 6.88. The maximum absolute atomic E-state index is 13.7. The van der Waals surface area contributed by atoms with E-state index in [4.69, 9.17) is 28.3 Å². The number of methoxy groups -OCH3 is 3. The van der Waals surface area contributed by atoms with Gasteiger partial charge in [-0.15, -0.1) is 5.10 Å². The molecule has 7 rings (SSSR count). The van der Waals surface area contributed by atoms with Crippen LogP contribution < -0.4 is 24.6 Å². The second-order valence-corrected chi connectivity index (χ2v) is 9.00. The molecule has 0 aliphatic carbocycles. The first-order chi connectivity index (χ1) is 19.6. The number of hydrogen-bond acceptors (Lipinski definition) is 10. The maximum atomic E-state index is 13.7. The molecular weight excluding hydrogens is 514 g/mol. The molecule has 198 valence electrons. The summed E-state index contributed by atoms with van der Waals surface area (Å²) >= 11 is 0. The molecule has 40 heavy (non-hydrogen) atoms. The van der Waals surface area contributed by atoms with Gasteiger partial charge in [0.05, 0.1) is 43.8 Å². The van der Waals surface area contributed by atoms with E-state index in [1.54, 1.807) is 35.0 Å². The highest BCUT2D eigenvalue weighted by Crippen LogP contribution is 2.51. The van der Waals surface area contributed by atoms with Gasteiger partial charge in [-0.1, -0.05) is 18.2 Å². The van der Waals surface area contributed by atoms with E-state index in [0.29, 0.717) is 62.3 Å². The van der Waals surface area contributed by atoms with Gasteiger partial charge >= 0.3 is 5.63 Å². The average Bonchev–Trinajstić information content (AvgIpc) is 3.44. The Labute approximate surface area is 226 Å². The van der Waals surface area contributed by atoms with Crippen LogP contribution in [0, 0.1) is 0 Å². The van der Waals surface area contributed by atoms with Gasteiger partial charge in [0, 0.05) is 6.20 Å². The predicted octanol–water partition coefficient (Wildman–Crippen LogP) is 4.60. The zero-order valence-corrected chi connectivity index (χ0v) is 21.6. The van der Waals surface area contributed by atoms with Crippen molar-refractivity contribution in [3.8, 4) is 40.4 Å². The molecule has 11 heteroatoms. The van der Waals surface area contributed by atoms with Crippen molar-refractivity contribution in [2.75, 3.05) is 21.3 Å². The fourth-order valence-electron chi connectivity index (χ4n) is 5.13. The first-order valence-corrected chi connectivity index (χ1v) is 12.3. The number of para-hydroxylation sites is 1. The SMILES string of the molecule is COc1cc(C2c3c(c4ccccc4oc3=O)Oc3ncn4nc(-c5ccccn5)nc4c32)cc(OC)c1OC. The second kappa shape index (κ2) is 9.09. The van der Waals surface area contributed by atoms with Crippen LogP contribution in [0.15, 0.2) is 76.3 Å². The Bertz CT molecular complexity index is 1960. The fourth-order valence-corrected chi connectivity index (χ4v) is 5.13. The molecule has 6 aromatic rings. The van der Waals surface area contributed by atoms with Gasteiger partial charge in [-0.3, -0.25) is 4.98 Å². The van der Waals surface area contributed by atoms with Crippen molar-refractivity contribution in [3.05, 3.63) is 94.2 Å². The predicted molar refractivity (Wildman–Crippen MR) is 144 cm³/mol. The van der Waals surface area contributed by atoms with Gasteiger partial charge in [-0.05, 0) is 42.0 Å². The summed E-state index contributed by atoms with van der Waals surface area (Å²) in [4.78, 5) is 27.4. The van der Waals surface area contributed by atoms with Gasteiger partial charge in [-0.2, -0.15) is 0 Å². The number of ether oxygens (including phenoxy) is 4. The van der Waals surface area contributed by atoms with Gasteiger partial charge in [0.25, 0.3) is 0 Å². The number of aromatic nitrogens is 5. The fraction of sp³-hybridized carbons (Fsp3) is 0.138. The quantitative estimate of drug-likeness (QED) is 0.289. The number of hydrogen-bond donors (Lipinski definition) is 0. The molecule has 1 aliphatic heterocycles. The monoisotopic (exact) mass is 535 g/mol. The topological polar surface area (TPSA) is 123 Å². The van der Waals surface area contributed by atoms with Gasteiger partial charge < -0.3 is 23.4 Å². The molecule has 1 atom stereocenters. The van der Waals surface area contributed by atoms with E-state index >= 15 is 0 Å². The number of fused-ring (bicyclic) bond motifs is 6. The molecule has 2 aromatic carbocycles. The van der Waals surface area contributed by atoms with Crippen molar-refractivity contribution in [2.45, 2.75) is 5.92 Å². The lowest BCUT2D eigenvalue weighted by molar-refractivity contribution is 0.323. The number of benzene rings is 2. The van der Waals surface area contributed by atoms with Gasteiger partial charge in [-0.25, -0.2) is 19.3 Å². The van der Waals surface area contributed by atoms with E-state index in [0.717, 1.165) is 0 Å². The Morgan fingerprint density at radius 2 is 1.68 bits per heavy atom. The largest absolute Gasteiger partial charge is 0.493 e. The summed E-state index contributed by atoms with van der Waals surface area (Å²) < 4.78 is 30.5. The van der Waals surface area contributed by atoms with E-state index in [-0.39, 0.29) is 11.4 Å². The lowest BCUT2D eigenvalue weighted by Crippen LogP contribution is -2.22. The van der Waals surface area contributed by atoms with Crippen LogP contribution in [0.25, 0.3) is 28.1 Å². The summed E-state index contributed by atoms with van der Waals surface area (Å²) in [5, 5.41) is 5.23. The van der Waals surface area contributed by atoms with E-state index in [9.17, 15) is 4.79 Å². The van der Waals surface area contributed by atoms with Crippen molar-refractivity contribution >= 4 is 16.6 Å². The summed E-state index contributed by atoms with van der Waals surface area (Å²) in [6, 6.07) is 16.3. The first kappa shape index (κ1) is 23.7. The van der Waals surface area contributed by atoms with E-state index in [1.165, 1.54) is 27.7 Å². The van der Waals surface area contributed by atoms with Crippen molar-refractivity contribution in [2.24, 2.45) is 0 Å². The molecule has 0 radical (unpaired) electrons. The minimum atomic E-state index is -0.731. The van der Waals surface area contributed by atoms with Gasteiger partial charge in [0.1, 0.15) is 17.6 Å². The third kappa shape index (κ3) is 3.48. The normalized spacial score (nSPS) is 13.9. The van der Waals surface area contributed by atoms with Crippen molar-refractivity contribution in [3.63, 3.8) is 0 Å². The molecule has 0 N–H and O–H groups in total. The third-order valence-corrected chi connectivity index (χ3v) is 6.88. The summed E-state index contributed by atoms with van der Waals surface area (Å²) in [7, 11) is 4.60. The number of pyridine rings is 1. The minimum absolute atomic E-state index is 0.287. The molecule has 5 heterocycles. The van der Waals surface area contributed by atoms with Crippen LogP contribution in [-0.2, 0) is 0 Å². The number of nitrogens with zero attached hydrogens (tertiary/aromatic N) is 5. The van der Waals surface area contributed by atoms with Crippen LogP contribution in [-0.4, -0.2) is 45.9 Å². The molecule has 0 saturated carbocycles. The van der Waals surface area contributed by atoms with E-state index in [1.807, 2.05) is 30.3 Å². The molecule has 1 unspecified atom stereocenters. The molecule has 0 fully saturated rings. The van der Waals surface area contributed by atoms with Crippen LogP contribution >= 0.6 is 0 Å². The second-order valence-electron chi connectivity index (χ2n) is 9.00. The van der Waals surface area contributed by atoms with Crippen molar-refractivity contribution < 1.29 is 23.4 Å². The molecule has 0 saturated heterocycles. The van der Waals surface area contributed by atoms with Crippen molar-refractivity contribution in [1.82, 2.24) is 24.6 Å². The molecule has 1 aliphatic rings. The summed E-state index contributed by atoms with van der Waals surface area (Å²) in [6.07, 6.45) is 3.20. The highest BCUT2D eigenvalue weighted by atomic mass is 16.5. The molecule has 0 amide bonds. The van der Waals surface area contributed by atoms with E-state index < -0.39 is 11.5 Å². The Hall–Kier alpha value is -5.45. The highest BCUT2D eigenvalue weighted by molar-refractivity contribution is 5.87. The Morgan fingerprint density at radius 3 is 2.40 bits per heavy atom. The maximum Gasteiger partial charge on any atom is 0.344 e. The molecule has 0 bridgehead atoms. The number of rotatable bonds is 5. The highest BCUT2D eigenvalue weighted by Gasteiger charge is 2.38. The molecule has 0 spiro atoms. The smallest absolute Gasteiger partial charge is 0.344 e. The Morgan fingerprint density at radius 1 is 0.900 bits per heavy atom. The van der Waals surface area contributed by atoms with E-state index in [2.05, 4.69) is 15.1 Å². The zero-order valence-electron chi connectivity index (χ0n) is 21.6. The summed E-state index contributed by atoms with van der Waals surface area (Å²) in [5.74, 6) is 1.58. The summed E-state index contributed by atoms with van der Waals surface area (Å²) in [6.45, 7) is 0. The first-order valence-electron chi connectivity index (χ1n) is 12.3. The van der Waals surface area contributed by atoms with Gasteiger partial charge in [0.2, 0.25) is 17.5 Å². The average molecular weight is 536 g/mol. The van der Waals surface area contributed by atoms with Crippen LogP contribution in [0.2, 0.25) is 0 Å². The summed E-state index contributed by atoms with van der Waals surface area (Å²) in [5.41, 5.74) is 2.36. The minimum Gasteiger partial charge on any atom is -0.493 e. The molecule has 11 nitrogen and oxygen atoms in total. The van der Waals surface area contributed by atoms with Crippen LogP contribution in [0.3, 0.4) is 0 Å². The lowest BCUT2D eigenvalue weighted by Gasteiger charge is -2.28. The van der Waals surface area contributed by atoms with Crippen LogP contribution in [0.5, 0.6) is 28.9 Å². The standard InChI is InChI=1S/C29H21N5O6/c1-36-19-12-15(13-20(37-2)25(19)38-3)21-22-24(16-8-4-5-10-18(16)39-29(22)35)40-28-23(21)27-32-26(33-34(27)14-31-28)17-9-6-7-11-30-17/h4-14,21H,1-3H3. The lowest BCUT2D eigenvalue weighted by atomic mass is 9.83. The van der Waals surface area contributed by atoms with Crippen LogP contribution in [0.4, 0.5) is 0 Å². The zero-order chi connectivity index (χ0) is 27.4.